The molecule has 0 nitrogen and oxygen atoms in total. The fourth-order valence-electron chi connectivity index (χ4n) is 11.7. The average molecular weight is 915 g/mol. The fourth-order valence-corrected chi connectivity index (χ4v) is 13.0. The zero-order valence-electron chi connectivity index (χ0n) is 38.7. The highest BCUT2D eigenvalue weighted by Gasteiger charge is 2.17. The Labute approximate surface area is 414 Å². The average Bonchev–Trinajstić information content (AvgIpc) is 3.82. The lowest BCUT2D eigenvalue weighted by Gasteiger charge is -2.15. The molecular formula is C70H42S. The van der Waals surface area contributed by atoms with E-state index in [0.717, 1.165) is 0 Å². The van der Waals surface area contributed by atoms with Crippen molar-refractivity contribution in [2.75, 3.05) is 0 Å². The van der Waals surface area contributed by atoms with Crippen LogP contribution in [0.1, 0.15) is 0 Å². The predicted molar refractivity (Wildman–Crippen MR) is 309 cm³/mol. The SMILES string of the molecule is c1cc(-c2ccc3cc(-c4ccc5ccccc5c4)ccc3c2)cc(-c2cc3cccc(-c4ccc5sc6c(-c7ccc8c9ccccc9c9ccccc9c8c7)cccc6c5c4)c3c3ccccc23)c1. The van der Waals surface area contributed by atoms with Crippen molar-refractivity contribution in [3.8, 4) is 55.6 Å². The van der Waals surface area contributed by atoms with Gasteiger partial charge in [0, 0.05) is 20.2 Å². The van der Waals surface area contributed by atoms with Crippen LogP contribution in [0.25, 0.3) is 151 Å². The zero-order chi connectivity index (χ0) is 46.6. The second kappa shape index (κ2) is 15.8. The summed E-state index contributed by atoms with van der Waals surface area (Å²) in [6.45, 7) is 0. The van der Waals surface area contributed by atoms with E-state index in [1.807, 2.05) is 11.3 Å². The molecular weight excluding hydrogens is 873 g/mol. The molecule has 328 valence electrons. The van der Waals surface area contributed by atoms with Crippen LogP contribution in [0.4, 0.5) is 0 Å². The maximum absolute atomic E-state index is 2.44. The summed E-state index contributed by atoms with van der Waals surface area (Å²) < 4.78 is 2.63. The third-order valence-corrected chi connectivity index (χ3v) is 16.4. The van der Waals surface area contributed by atoms with Crippen LogP contribution in [0, 0.1) is 0 Å². The number of fused-ring (bicyclic) bond motifs is 14. The molecule has 1 aromatic heterocycles. The number of hydrogen-bond donors (Lipinski definition) is 0. The van der Waals surface area contributed by atoms with Crippen molar-refractivity contribution >= 4 is 107 Å². The van der Waals surface area contributed by atoms with Crippen molar-refractivity contribution in [1.29, 1.82) is 0 Å². The molecule has 15 aromatic rings. The molecule has 71 heavy (non-hydrogen) atoms. The Bertz CT molecular complexity index is 4670. The summed E-state index contributed by atoms with van der Waals surface area (Å²) in [5.74, 6) is 0. The third kappa shape index (κ3) is 6.44. The van der Waals surface area contributed by atoms with Crippen LogP contribution < -0.4 is 0 Å². The van der Waals surface area contributed by atoms with E-state index in [1.165, 1.54) is 151 Å². The van der Waals surface area contributed by atoms with Crippen LogP contribution in [0.3, 0.4) is 0 Å². The molecule has 1 heterocycles. The summed E-state index contributed by atoms with van der Waals surface area (Å²) in [5, 5.41) is 20.5. The van der Waals surface area contributed by atoms with Gasteiger partial charge in [0.25, 0.3) is 0 Å². The van der Waals surface area contributed by atoms with Gasteiger partial charge in [-0.3, -0.25) is 0 Å². The normalized spacial score (nSPS) is 11.9. The molecule has 0 atom stereocenters. The summed E-state index contributed by atoms with van der Waals surface area (Å²) in [5.41, 5.74) is 12.4. The van der Waals surface area contributed by atoms with E-state index in [2.05, 4.69) is 255 Å². The molecule has 0 bridgehead atoms. The van der Waals surface area contributed by atoms with Gasteiger partial charge in [-0.05, 0) is 180 Å². The molecule has 15 rings (SSSR count). The van der Waals surface area contributed by atoms with Crippen LogP contribution >= 0.6 is 11.3 Å². The Kier molecular flexibility index (Phi) is 8.93. The molecule has 0 saturated carbocycles. The van der Waals surface area contributed by atoms with E-state index in [4.69, 9.17) is 0 Å². The molecule has 0 amide bonds. The van der Waals surface area contributed by atoms with Gasteiger partial charge in [0.1, 0.15) is 0 Å². The molecule has 0 saturated heterocycles. The van der Waals surface area contributed by atoms with E-state index < -0.39 is 0 Å². The van der Waals surface area contributed by atoms with Gasteiger partial charge >= 0.3 is 0 Å². The van der Waals surface area contributed by atoms with Crippen molar-refractivity contribution in [2.45, 2.75) is 0 Å². The maximum Gasteiger partial charge on any atom is 0.0433 e. The summed E-state index contributed by atoms with van der Waals surface area (Å²) in [7, 11) is 0. The van der Waals surface area contributed by atoms with Crippen LogP contribution in [0.15, 0.2) is 255 Å². The van der Waals surface area contributed by atoms with Crippen LogP contribution in [-0.4, -0.2) is 0 Å². The highest BCUT2D eigenvalue weighted by molar-refractivity contribution is 7.26. The minimum Gasteiger partial charge on any atom is -0.135 e. The quantitative estimate of drug-likeness (QED) is 0.151. The van der Waals surface area contributed by atoms with Gasteiger partial charge in [0.05, 0.1) is 0 Å². The lowest BCUT2D eigenvalue weighted by molar-refractivity contribution is 1.62. The Hall–Kier alpha value is -8.88. The Morgan fingerprint density at radius 3 is 1.38 bits per heavy atom. The number of thiophene rings is 1. The molecule has 0 fully saturated rings. The predicted octanol–water partition coefficient (Wildman–Crippen LogP) is 20.5. The molecule has 1 heteroatoms. The second-order valence-electron chi connectivity index (χ2n) is 19.1. The molecule has 0 aliphatic heterocycles. The summed E-state index contributed by atoms with van der Waals surface area (Å²) >= 11 is 1.90. The van der Waals surface area contributed by atoms with Crippen LogP contribution in [0.2, 0.25) is 0 Å². The standard InChI is InChI=1S/C70H42S/c1-2-13-44-36-47(27-26-43(44)12-1)49-31-30-48-37-46(28-29-50(48)38-49)45-14-9-15-51(39-45)65-42-54-16-10-23-55(69(54)63-22-8-7-21-61(63)65)52-33-35-68-67(41-52)64-25-11-24-56(70(64)71-68)53-32-34-62-59-19-4-3-17-57(59)58-18-5-6-20-60(58)66(62)40-53/h1-42H. The minimum absolute atomic E-state index is 1.21. The van der Waals surface area contributed by atoms with Crippen LogP contribution in [0.5, 0.6) is 0 Å². The highest BCUT2D eigenvalue weighted by atomic mass is 32.1. The van der Waals surface area contributed by atoms with E-state index in [1.54, 1.807) is 0 Å². The van der Waals surface area contributed by atoms with Gasteiger partial charge in [0.15, 0.2) is 0 Å². The van der Waals surface area contributed by atoms with E-state index in [-0.39, 0.29) is 0 Å². The second-order valence-corrected chi connectivity index (χ2v) is 20.2. The molecule has 14 aromatic carbocycles. The summed E-state index contributed by atoms with van der Waals surface area (Å²) in [6.07, 6.45) is 0. The first kappa shape index (κ1) is 40.0. The lowest BCUT2D eigenvalue weighted by Crippen LogP contribution is -1.89. The lowest BCUT2D eigenvalue weighted by atomic mass is 9.88. The van der Waals surface area contributed by atoms with Crippen molar-refractivity contribution in [3.05, 3.63) is 255 Å². The summed E-state index contributed by atoms with van der Waals surface area (Å²) in [4.78, 5) is 0. The highest BCUT2D eigenvalue weighted by Crippen LogP contribution is 2.46. The third-order valence-electron chi connectivity index (χ3n) is 15.2. The Morgan fingerprint density at radius 2 is 0.648 bits per heavy atom. The van der Waals surface area contributed by atoms with Gasteiger partial charge in [0.2, 0.25) is 0 Å². The van der Waals surface area contributed by atoms with E-state index >= 15 is 0 Å². The molecule has 0 aliphatic rings. The van der Waals surface area contributed by atoms with E-state index in [0.29, 0.717) is 0 Å². The first-order valence-corrected chi connectivity index (χ1v) is 25.4. The van der Waals surface area contributed by atoms with Crippen molar-refractivity contribution in [3.63, 3.8) is 0 Å². The Morgan fingerprint density at radius 1 is 0.197 bits per heavy atom. The number of rotatable bonds is 5. The van der Waals surface area contributed by atoms with Crippen LogP contribution in [-0.2, 0) is 0 Å². The van der Waals surface area contributed by atoms with E-state index in [9.17, 15) is 0 Å². The first-order chi connectivity index (χ1) is 35.2. The summed E-state index contributed by atoms with van der Waals surface area (Å²) in [6, 6.07) is 95.1. The topological polar surface area (TPSA) is 0 Å². The van der Waals surface area contributed by atoms with Crippen molar-refractivity contribution in [2.24, 2.45) is 0 Å². The monoisotopic (exact) mass is 914 g/mol. The fraction of sp³-hybridized carbons (Fsp3) is 0. The maximum atomic E-state index is 2.44. The number of hydrogen-bond acceptors (Lipinski definition) is 1. The van der Waals surface area contributed by atoms with Gasteiger partial charge in [-0.1, -0.05) is 206 Å². The van der Waals surface area contributed by atoms with Gasteiger partial charge in [-0.2, -0.15) is 0 Å². The molecule has 0 aliphatic carbocycles. The van der Waals surface area contributed by atoms with Gasteiger partial charge in [-0.25, -0.2) is 0 Å². The largest absolute Gasteiger partial charge is 0.135 e. The smallest absolute Gasteiger partial charge is 0.0433 e. The first-order valence-electron chi connectivity index (χ1n) is 24.5. The van der Waals surface area contributed by atoms with Crippen molar-refractivity contribution in [1.82, 2.24) is 0 Å². The minimum atomic E-state index is 1.21. The van der Waals surface area contributed by atoms with Gasteiger partial charge < -0.3 is 0 Å². The molecule has 0 spiro atoms. The molecule has 0 unspecified atom stereocenters. The zero-order valence-corrected chi connectivity index (χ0v) is 39.5. The molecule has 0 N–H and O–H groups in total. The van der Waals surface area contributed by atoms with Crippen molar-refractivity contribution < 1.29 is 0 Å². The molecule has 0 radical (unpaired) electrons. The van der Waals surface area contributed by atoms with Gasteiger partial charge in [-0.15, -0.1) is 11.3 Å². The number of benzene rings is 14. The Balaban J connectivity index is 0.804.